The first-order chi connectivity index (χ1) is 13.6. The van der Waals surface area contributed by atoms with E-state index in [-0.39, 0.29) is 11.8 Å². The van der Waals surface area contributed by atoms with Gasteiger partial charge in [-0.2, -0.15) is 0 Å². The first-order valence-corrected chi connectivity index (χ1v) is 11.2. The topological polar surface area (TPSA) is 95.6 Å². The average molecular weight is 418 g/mol. The molecular weight excluding hydrogens is 390 g/mol. The lowest BCUT2D eigenvalue weighted by Gasteiger charge is -2.28. The van der Waals surface area contributed by atoms with Crippen molar-refractivity contribution in [2.75, 3.05) is 22.4 Å². The Kier molecular flexibility index (Phi) is 7.39. The monoisotopic (exact) mass is 417 g/mol. The van der Waals surface area contributed by atoms with Gasteiger partial charge in [0.15, 0.2) is 0 Å². The van der Waals surface area contributed by atoms with Crippen molar-refractivity contribution < 1.29 is 18.0 Å². The highest BCUT2D eigenvalue weighted by atomic mass is 32.2. The van der Waals surface area contributed by atoms with E-state index in [1.165, 1.54) is 6.92 Å². The average Bonchev–Trinajstić information content (AvgIpc) is 2.66. The van der Waals surface area contributed by atoms with Crippen LogP contribution in [0, 0.1) is 5.92 Å². The molecule has 0 bridgehead atoms. The fourth-order valence-electron chi connectivity index (χ4n) is 2.80. The second-order valence-electron chi connectivity index (χ2n) is 7.21. The zero-order valence-electron chi connectivity index (χ0n) is 17.0. The summed E-state index contributed by atoms with van der Waals surface area (Å²) >= 11 is 0. The van der Waals surface area contributed by atoms with Gasteiger partial charge in [-0.05, 0) is 37.1 Å². The highest BCUT2D eigenvalue weighted by molar-refractivity contribution is 7.92. The van der Waals surface area contributed by atoms with Crippen molar-refractivity contribution in [3.63, 3.8) is 0 Å². The van der Waals surface area contributed by atoms with E-state index in [0.717, 1.165) is 10.6 Å². The van der Waals surface area contributed by atoms with Gasteiger partial charge in [0.05, 0.1) is 23.2 Å². The lowest BCUT2D eigenvalue weighted by molar-refractivity contribution is -0.116. The number of rotatable bonds is 8. The number of nitrogens with one attached hydrogen (secondary N) is 2. The van der Waals surface area contributed by atoms with Gasteiger partial charge in [-0.1, -0.05) is 44.2 Å². The lowest BCUT2D eigenvalue weighted by Crippen LogP contribution is -2.45. The number of para-hydroxylation sites is 2. The van der Waals surface area contributed by atoms with Crippen LogP contribution in [0.25, 0.3) is 0 Å². The van der Waals surface area contributed by atoms with E-state index in [9.17, 15) is 18.0 Å². The fraction of sp³-hybridized carbons (Fsp3) is 0.333. The number of carbonyl (C=O) groups excluding carboxylic acids is 2. The van der Waals surface area contributed by atoms with Crippen LogP contribution in [0.15, 0.2) is 54.6 Å². The van der Waals surface area contributed by atoms with Gasteiger partial charge >= 0.3 is 0 Å². The molecule has 0 aromatic heterocycles. The molecule has 0 fully saturated rings. The second kappa shape index (κ2) is 9.56. The maximum Gasteiger partial charge on any atom is 0.253 e. The summed E-state index contributed by atoms with van der Waals surface area (Å²) in [7, 11) is -3.71. The van der Waals surface area contributed by atoms with Gasteiger partial charge in [-0.15, -0.1) is 0 Å². The van der Waals surface area contributed by atoms with Gasteiger partial charge in [-0.3, -0.25) is 13.9 Å². The van der Waals surface area contributed by atoms with E-state index < -0.39 is 22.0 Å². The normalized spacial score (nSPS) is 12.3. The minimum absolute atomic E-state index is 0.287. The van der Waals surface area contributed by atoms with E-state index in [1.54, 1.807) is 54.6 Å². The zero-order chi connectivity index (χ0) is 21.6. The Morgan fingerprint density at radius 3 is 2.14 bits per heavy atom. The summed E-state index contributed by atoms with van der Waals surface area (Å²) in [6.45, 7) is 5.98. The minimum Gasteiger partial charge on any atom is -0.352 e. The third-order valence-corrected chi connectivity index (χ3v) is 5.44. The van der Waals surface area contributed by atoms with Crippen molar-refractivity contribution >= 4 is 33.2 Å². The van der Waals surface area contributed by atoms with Crippen molar-refractivity contribution in [2.24, 2.45) is 5.92 Å². The summed E-state index contributed by atoms with van der Waals surface area (Å²) in [5.74, 6) is -0.552. The van der Waals surface area contributed by atoms with Crippen molar-refractivity contribution in [3.8, 4) is 0 Å². The molecular formula is C21H27N3O4S. The van der Waals surface area contributed by atoms with E-state index in [0.29, 0.717) is 23.5 Å². The zero-order valence-corrected chi connectivity index (χ0v) is 17.9. The van der Waals surface area contributed by atoms with Crippen molar-refractivity contribution in [3.05, 3.63) is 60.2 Å². The van der Waals surface area contributed by atoms with Crippen molar-refractivity contribution in [1.82, 2.24) is 5.32 Å². The highest BCUT2D eigenvalue weighted by Crippen LogP contribution is 2.22. The maximum absolute atomic E-state index is 12.9. The first-order valence-electron chi connectivity index (χ1n) is 9.33. The molecule has 7 nitrogen and oxygen atoms in total. The standard InChI is InChI=1S/C21H27N3O4S/c1-15(2)14-22-21(26)18-12-8-9-13-19(18)23-20(25)16(3)24(29(4,27)28)17-10-6-5-7-11-17/h5-13,15-16H,14H2,1-4H3,(H,22,26)(H,23,25)/t16-/m1/s1. The quantitative estimate of drug-likeness (QED) is 0.690. The molecule has 0 unspecified atom stereocenters. The van der Waals surface area contributed by atoms with Gasteiger partial charge in [0.2, 0.25) is 15.9 Å². The van der Waals surface area contributed by atoms with Crippen LogP contribution in [-0.4, -0.2) is 39.1 Å². The summed E-state index contributed by atoms with van der Waals surface area (Å²) in [4.78, 5) is 25.3. The molecule has 2 rings (SSSR count). The van der Waals surface area contributed by atoms with Crippen molar-refractivity contribution in [2.45, 2.75) is 26.8 Å². The number of anilines is 2. The highest BCUT2D eigenvalue weighted by Gasteiger charge is 2.29. The Bertz CT molecular complexity index is 959. The molecule has 2 aromatic rings. The number of hydrogen-bond acceptors (Lipinski definition) is 4. The summed E-state index contributed by atoms with van der Waals surface area (Å²) in [6.07, 6.45) is 1.05. The summed E-state index contributed by atoms with van der Waals surface area (Å²) in [5.41, 5.74) is 1.03. The number of amides is 2. The van der Waals surface area contributed by atoms with Crippen LogP contribution in [0.2, 0.25) is 0 Å². The lowest BCUT2D eigenvalue weighted by atomic mass is 10.1. The van der Waals surface area contributed by atoms with E-state index in [2.05, 4.69) is 10.6 Å². The van der Waals surface area contributed by atoms with Crippen LogP contribution in [0.3, 0.4) is 0 Å². The van der Waals surface area contributed by atoms with Crippen LogP contribution in [0.5, 0.6) is 0 Å². The van der Waals surface area contributed by atoms with Gasteiger partial charge in [0.1, 0.15) is 6.04 Å². The Hall–Kier alpha value is -2.87. The van der Waals surface area contributed by atoms with Crippen LogP contribution < -0.4 is 14.9 Å². The van der Waals surface area contributed by atoms with E-state index in [4.69, 9.17) is 0 Å². The summed E-state index contributed by atoms with van der Waals surface area (Å²) in [6, 6.07) is 14.0. The van der Waals surface area contributed by atoms with Crippen LogP contribution in [-0.2, 0) is 14.8 Å². The molecule has 0 aliphatic heterocycles. The Balaban J connectivity index is 2.26. The predicted molar refractivity (Wildman–Crippen MR) is 115 cm³/mol. The molecule has 2 amide bonds. The third-order valence-electron chi connectivity index (χ3n) is 4.20. The number of sulfonamides is 1. The SMILES string of the molecule is CC(C)CNC(=O)c1ccccc1NC(=O)[C@@H](C)N(c1ccccc1)S(C)(=O)=O. The minimum atomic E-state index is -3.71. The Morgan fingerprint density at radius 2 is 1.55 bits per heavy atom. The molecule has 1 atom stereocenters. The summed E-state index contributed by atoms with van der Waals surface area (Å²) in [5, 5.41) is 5.51. The van der Waals surface area contributed by atoms with E-state index >= 15 is 0 Å². The van der Waals surface area contributed by atoms with Gasteiger partial charge < -0.3 is 10.6 Å². The number of nitrogens with zero attached hydrogens (tertiary/aromatic N) is 1. The molecule has 0 saturated carbocycles. The molecule has 0 aliphatic rings. The number of hydrogen-bond donors (Lipinski definition) is 2. The molecule has 2 N–H and O–H groups in total. The third kappa shape index (κ3) is 6.05. The fourth-order valence-corrected chi connectivity index (χ4v) is 3.98. The molecule has 0 spiro atoms. The smallest absolute Gasteiger partial charge is 0.253 e. The molecule has 2 aromatic carbocycles. The second-order valence-corrected chi connectivity index (χ2v) is 9.07. The largest absolute Gasteiger partial charge is 0.352 e. The Morgan fingerprint density at radius 1 is 0.966 bits per heavy atom. The van der Waals surface area contributed by atoms with Crippen LogP contribution in [0.1, 0.15) is 31.1 Å². The Labute approximate surface area is 172 Å². The first kappa shape index (κ1) is 22.4. The molecule has 0 saturated heterocycles. The molecule has 0 radical (unpaired) electrons. The molecule has 0 aliphatic carbocycles. The molecule has 156 valence electrons. The molecule has 8 heteroatoms. The van der Waals surface area contributed by atoms with Gasteiger partial charge in [0.25, 0.3) is 5.91 Å². The van der Waals surface area contributed by atoms with Crippen LogP contribution in [0.4, 0.5) is 11.4 Å². The van der Waals surface area contributed by atoms with Gasteiger partial charge in [-0.25, -0.2) is 8.42 Å². The van der Waals surface area contributed by atoms with Crippen molar-refractivity contribution in [1.29, 1.82) is 0 Å². The number of benzene rings is 2. The van der Waals surface area contributed by atoms with E-state index in [1.807, 2.05) is 13.8 Å². The predicted octanol–water partition coefficient (Wildman–Crippen LogP) is 2.87. The number of carbonyl (C=O) groups is 2. The van der Waals surface area contributed by atoms with Gasteiger partial charge in [0, 0.05) is 6.54 Å². The molecule has 29 heavy (non-hydrogen) atoms. The maximum atomic E-state index is 12.9. The molecule has 0 heterocycles. The summed E-state index contributed by atoms with van der Waals surface area (Å²) < 4.78 is 25.7. The van der Waals surface area contributed by atoms with Crippen LogP contribution >= 0.6 is 0 Å².